The number of hydrogen-bond donors (Lipinski definition) is 0. The van der Waals surface area contributed by atoms with Gasteiger partial charge in [-0.05, 0) is 55.0 Å². The number of halogens is 1. The highest BCUT2D eigenvalue weighted by atomic mass is 79.9. The molecule has 0 spiro atoms. The molecule has 0 saturated carbocycles. The van der Waals surface area contributed by atoms with Crippen LogP contribution in [0.4, 0.5) is 0 Å². The zero-order valence-electron chi connectivity index (χ0n) is 12.8. The average Bonchev–Trinajstić information content (AvgIpc) is 2.63. The molecule has 19 heavy (non-hydrogen) atoms. The highest BCUT2D eigenvalue weighted by molar-refractivity contribution is 9.10. The molecule has 1 fully saturated rings. The first-order valence-corrected chi connectivity index (χ1v) is 8.19. The van der Waals surface area contributed by atoms with Crippen LogP contribution in [0.15, 0.2) is 4.47 Å². The molecule has 0 bridgehead atoms. The van der Waals surface area contributed by atoms with Crippen LogP contribution in [0.5, 0.6) is 0 Å². The van der Waals surface area contributed by atoms with Gasteiger partial charge in [0, 0.05) is 25.7 Å². The lowest BCUT2D eigenvalue weighted by Crippen LogP contribution is -2.45. The van der Waals surface area contributed by atoms with E-state index in [-0.39, 0.29) is 0 Å². The van der Waals surface area contributed by atoms with Gasteiger partial charge >= 0.3 is 0 Å². The Kier molecular flexibility index (Phi) is 4.72. The van der Waals surface area contributed by atoms with E-state index < -0.39 is 0 Å². The number of aromatic nitrogens is 2. The molecule has 0 aromatic carbocycles. The molecule has 1 aliphatic rings. The molecule has 0 amide bonds. The van der Waals surface area contributed by atoms with Gasteiger partial charge in [-0.25, -0.2) is 0 Å². The first-order chi connectivity index (χ1) is 8.93. The van der Waals surface area contributed by atoms with E-state index in [9.17, 15) is 0 Å². The maximum Gasteiger partial charge on any atom is 0.0739 e. The van der Waals surface area contributed by atoms with Gasteiger partial charge in [-0.3, -0.25) is 9.58 Å². The predicted octanol–water partition coefficient (Wildman–Crippen LogP) is 3.84. The Bertz CT molecular complexity index is 441. The second-order valence-corrected chi connectivity index (χ2v) is 6.94. The van der Waals surface area contributed by atoms with E-state index in [0.29, 0.717) is 6.04 Å². The van der Waals surface area contributed by atoms with E-state index in [4.69, 9.17) is 0 Å². The van der Waals surface area contributed by atoms with Crippen molar-refractivity contribution in [1.82, 2.24) is 14.7 Å². The molecular formula is C15H26BrN3. The molecule has 4 heteroatoms. The molecule has 2 heterocycles. The fourth-order valence-corrected chi connectivity index (χ4v) is 3.66. The Hall–Kier alpha value is -0.350. The number of hydrogen-bond acceptors (Lipinski definition) is 2. The van der Waals surface area contributed by atoms with E-state index in [0.717, 1.165) is 30.6 Å². The van der Waals surface area contributed by atoms with Crippen LogP contribution >= 0.6 is 15.9 Å². The highest BCUT2D eigenvalue weighted by Crippen LogP contribution is 2.30. The summed E-state index contributed by atoms with van der Waals surface area (Å²) in [6.45, 7) is 14.5. The van der Waals surface area contributed by atoms with Gasteiger partial charge in [0.05, 0.1) is 15.9 Å². The Labute approximate surface area is 125 Å². The third-order valence-electron chi connectivity index (χ3n) is 4.53. The van der Waals surface area contributed by atoms with Crippen molar-refractivity contribution in [3.63, 3.8) is 0 Å². The molecule has 0 aliphatic carbocycles. The molecule has 1 saturated heterocycles. The van der Waals surface area contributed by atoms with Gasteiger partial charge in [0.15, 0.2) is 0 Å². The smallest absolute Gasteiger partial charge is 0.0739 e. The molecule has 3 nitrogen and oxygen atoms in total. The molecule has 0 radical (unpaired) electrons. The molecule has 1 aromatic heterocycles. The zero-order valence-corrected chi connectivity index (χ0v) is 14.4. The summed E-state index contributed by atoms with van der Waals surface area (Å²) in [5, 5.41) is 4.60. The third-order valence-corrected chi connectivity index (χ3v) is 5.56. The van der Waals surface area contributed by atoms with E-state index in [2.05, 4.69) is 65.2 Å². The minimum absolute atomic E-state index is 0.656. The van der Waals surface area contributed by atoms with Crippen molar-refractivity contribution in [1.29, 1.82) is 0 Å². The van der Waals surface area contributed by atoms with Crippen molar-refractivity contribution in [2.75, 3.05) is 6.54 Å². The molecule has 0 N–H and O–H groups in total. The van der Waals surface area contributed by atoms with Crippen molar-refractivity contribution >= 4 is 15.9 Å². The maximum absolute atomic E-state index is 4.60. The Morgan fingerprint density at radius 2 is 2.00 bits per heavy atom. The SMILES string of the molecule is CCn1nc(C)c(Br)c1CN1CC(C)CC(C)C1C. The van der Waals surface area contributed by atoms with Crippen LogP contribution in [-0.2, 0) is 13.1 Å². The summed E-state index contributed by atoms with van der Waals surface area (Å²) in [5.41, 5.74) is 2.43. The van der Waals surface area contributed by atoms with Crippen molar-refractivity contribution < 1.29 is 0 Å². The minimum atomic E-state index is 0.656. The maximum atomic E-state index is 4.60. The van der Waals surface area contributed by atoms with Crippen LogP contribution in [0.25, 0.3) is 0 Å². The number of nitrogens with zero attached hydrogens (tertiary/aromatic N) is 3. The van der Waals surface area contributed by atoms with E-state index in [1.807, 2.05) is 0 Å². The summed E-state index contributed by atoms with van der Waals surface area (Å²) in [6, 6.07) is 0.656. The molecular weight excluding hydrogens is 302 g/mol. The fraction of sp³-hybridized carbons (Fsp3) is 0.800. The quantitative estimate of drug-likeness (QED) is 0.841. The summed E-state index contributed by atoms with van der Waals surface area (Å²) in [5.74, 6) is 1.57. The number of likely N-dealkylation sites (tertiary alicyclic amines) is 1. The molecule has 108 valence electrons. The van der Waals surface area contributed by atoms with Gasteiger partial charge in [-0.15, -0.1) is 0 Å². The Morgan fingerprint density at radius 1 is 1.32 bits per heavy atom. The van der Waals surface area contributed by atoms with Gasteiger partial charge in [0.25, 0.3) is 0 Å². The van der Waals surface area contributed by atoms with E-state index in [1.54, 1.807) is 0 Å². The van der Waals surface area contributed by atoms with Gasteiger partial charge < -0.3 is 0 Å². The Morgan fingerprint density at radius 3 is 2.63 bits per heavy atom. The summed E-state index contributed by atoms with van der Waals surface area (Å²) < 4.78 is 3.32. The van der Waals surface area contributed by atoms with E-state index >= 15 is 0 Å². The van der Waals surface area contributed by atoms with Gasteiger partial charge in [-0.1, -0.05) is 13.8 Å². The first kappa shape index (κ1) is 15.0. The third kappa shape index (κ3) is 3.05. The zero-order chi connectivity index (χ0) is 14.2. The fourth-order valence-electron chi connectivity index (χ4n) is 3.25. The second kappa shape index (κ2) is 5.96. The minimum Gasteiger partial charge on any atom is -0.294 e. The highest BCUT2D eigenvalue weighted by Gasteiger charge is 2.30. The number of aryl methyl sites for hydroxylation is 2. The lowest BCUT2D eigenvalue weighted by atomic mass is 9.86. The molecule has 1 aromatic rings. The van der Waals surface area contributed by atoms with Crippen molar-refractivity contribution in [3.8, 4) is 0 Å². The van der Waals surface area contributed by atoms with Crippen LogP contribution in [0.2, 0.25) is 0 Å². The topological polar surface area (TPSA) is 21.1 Å². The van der Waals surface area contributed by atoms with Gasteiger partial charge in [-0.2, -0.15) is 5.10 Å². The largest absolute Gasteiger partial charge is 0.294 e. The number of piperidine rings is 1. The van der Waals surface area contributed by atoms with Gasteiger partial charge in [0.1, 0.15) is 0 Å². The lowest BCUT2D eigenvalue weighted by molar-refractivity contribution is 0.0703. The molecule has 2 rings (SSSR count). The normalized spacial score (nSPS) is 28.8. The van der Waals surface area contributed by atoms with Crippen molar-refractivity contribution in [3.05, 3.63) is 15.9 Å². The van der Waals surface area contributed by atoms with Crippen LogP contribution in [0.1, 0.15) is 45.5 Å². The summed E-state index contributed by atoms with van der Waals surface area (Å²) in [4.78, 5) is 2.62. The number of rotatable bonds is 3. The standard InChI is InChI=1S/C15H26BrN3/c1-6-19-14(15(16)12(4)17-19)9-18-8-10(2)7-11(3)13(18)5/h10-11,13H,6-9H2,1-5H3. The summed E-state index contributed by atoms with van der Waals surface area (Å²) in [7, 11) is 0. The molecule has 3 unspecified atom stereocenters. The average molecular weight is 328 g/mol. The Balaban J connectivity index is 2.20. The summed E-state index contributed by atoms with van der Waals surface area (Å²) in [6.07, 6.45) is 1.35. The van der Waals surface area contributed by atoms with Crippen LogP contribution in [-0.4, -0.2) is 27.3 Å². The van der Waals surface area contributed by atoms with Gasteiger partial charge in [0.2, 0.25) is 0 Å². The molecule has 3 atom stereocenters. The predicted molar refractivity (Wildman–Crippen MR) is 83.2 cm³/mol. The van der Waals surface area contributed by atoms with E-state index in [1.165, 1.54) is 23.1 Å². The van der Waals surface area contributed by atoms with Crippen molar-refractivity contribution in [2.45, 2.75) is 60.2 Å². The monoisotopic (exact) mass is 327 g/mol. The van der Waals surface area contributed by atoms with Crippen LogP contribution < -0.4 is 0 Å². The lowest BCUT2D eigenvalue weighted by Gasteiger charge is -2.41. The van der Waals surface area contributed by atoms with Crippen LogP contribution in [0, 0.1) is 18.8 Å². The molecule has 1 aliphatic heterocycles. The second-order valence-electron chi connectivity index (χ2n) is 6.15. The van der Waals surface area contributed by atoms with Crippen LogP contribution in [0.3, 0.4) is 0 Å². The summed E-state index contributed by atoms with van der Waals surface area (Å²) >= 11 is 3.71. The van der Waals surface area contributed by atoms with Crippen molar-refractivity contribution in [2.24, 2.45) is 11.8 Å². The first-order valence-electron chi connectivity index (χ1n) is 7.39.